The van der Waals surface area contributed by atoms with Gasteiger partial charge in [0.2, 0.25) is 0 Å². The summed E-state index contributed by atoms with van der Waals surface area (Å²) in [5.74, 6) is 8.67. The summed E-state index contributed by atoms with van der Waals surface area (Å²) in [5.41, 5.74) is 0. The molecule has 0 rings (SSSR count). The van der Waals surface area contributed by atoms with E-state index >= 15 is 0 Å². The van der Waals surface area contributed by atoms with E-state index in [1.807, 2.05) is 0 Å². The summed E-state index contributed by atoms with van der Waals surface area (Å²) in [5, 5.41) is 0. The first-order valence-electron chi connectivity index (χ1n) is 9.38. The predicted molar refractivity (Wildman–Crippen MR) is 109 cm³/mol. The maximum atomic E-state index is 4.45. The number of nitrogens with one attached hydrogen (secondary N) is 1. The fourth-order valence-electron chi connectivity index (χ4n) is 3.58. The molecule has 0 aromatic rings. The highest BCUT2D eigenvalue weighted by molar-refractivity contribution is 8.46. The molecule has 0 fully saturated rings. The minimum absolute atomic E-state index is 0.584. The molecule has 0 aliphatic heterocycles. The van der Waals surface area contributed by atoms with E-state index in [-0.39, 0.29) is 0 Å². The van der Waals surface area contributed by atoms with Gasteiger partial charge in [0.1, 0.15) is 0 Å². The molecule has 0 saturated carbocycles. The average Bonchev–Trinajstić information content (AvgIpc) is 2.40. The molecule has 1 N–H and O–H groups in total. The maximum absolute atomic E-state index is 4.45. The molecular weight excluding hydrogens is 294 g/mol. The molecule has 0 aromatic carbocycles. The van der Waals surface area contributed by atoms with Crippen LogP contribution in [0, 0.1) is 0 Å². The van der Waals surface area contributed by atoms with Crippen LogP contribution in [0.25, 0.3) is 0 Å². The van der Waals surface area contributed by atoms with E-state index in [2.05, 4.69) is 45.7 Å². The van der Waals surface area contributed by atoms with Crippen LogP contribution >= 0.6 is 20.4 Å². The van der Waals surface area contributed by atoms with Gasteiger partial charge in [-0.05, 0) is 73.0 Å². The van der Waals surface area contributed by atoms with Crippen molar-refractivity contribution in [3.63, 3.8) is 0 Å². The molecule has 3 heteroatoms. The number of hydrogen-bond acceptors (Lipinski definition) is 1. The SMILES string of the molecule is CCCS(CCC)(CCC)NS(CCC)(CCC)CCC. The molecule has 0 radical (unpaired) electrons. The zero-order valence-electron chi connectivity index (χ0n) is 15.8. The Morgan fingerprint density at radius 2 is 0.619 bits per heavy atom. The molecule has 0 amide bonds. The first-order chi connectivity index (χ1) is 10.1. The van der Waals surface area contributed by atoms with Gasteiger partial charge in [-0.25, -0.2) is 4.13 Å². The van der Waals surface area contributed by atoms with Crippen molar-refractivity contribution in [2.75, 3.05) is 34.5 Å². The van der Waals surface area contributed by atoms with Gasteiger partial charge in [-0.2, -0.15) is 20.4 Å². The fourth-order valence-corrected chi connectivity index (χ4v) is 14.5. The van der Waals surface area contributed by atoms with Crippen molar-refractivity contribution < 1.29 is 0 Å². The Balaban J connectivity index is 5.30. The summed E-state index contributed by atoms with van der Waals surface area (Å²) in [6.45, 7) is 14.3. The Bertz CT molecular complexity index is 185. The molecule has 0 heterocycles. The quantitative estimate of drug-likeness (QED) is 0.383. The molecule has 132 valence electrons. The van der Waals surface area contributed by atoms with E-state index in [9.17, 15) is 0 Å². The lowest BCUT2D eigenvalue weighted by molar-refractivity contribution is 0.985. The van der Waals surface area contributed by atoms with Crippen LogP contribution in [0.2, 0.25) is 0 Å². The molecule has 0 spiro atoms. The summed E-state index contributed by atoms with van der Waals surface area (Å²) in [4.78, 5) is 0. The van der Waals surface area contributed by atoms with Gasteiger partial charge in [0.05, 0.1) is 0 Å². The van der Waals surface area contributed by atoms with Crippen LogP contribution in [0.4, 0.5) is 0 Å². The van der Waals surface area contributed by atoms with Crippen LogP contribution < -0.4 is 4.13 Å². The smallest absolute Gasteiger partial charge is 0.0105 e. The van der Waals surface area contributed by atoms with E-state index in [1.54, 1.807) is 0 Å². The Kier molecular flexibility index (Phi) is 12.5. The maximum Gasteiger partial charge on any atom is -0.0105 e. The van der Waals surface area contributed by atoms with Crippen molar-refractivity contribution in [3.05, 3.63) is 0 Å². The van der Waals surface area contributed by atoms with Crippen molar-refractivity contribution >= 4 is 20.4 Å². The standard InChI is InChI=1S/C18H43NS2/c1-7-13-20(14-8-2,15-9-3)19-21(16-10-4,17-11-5)18-12-6/h19H,7-18H2,1-6H3. The van der Waals surface area contributed by atoms with E-state index in [0.29, 0.717) is 0 Å². The van der Waals surface area contributed by atoms with Gasteiger partial charge >= 0.3 is 0 Å². The Morgan fingerprint density at radius 3 is 0.762 bits per heavy atom. The van der Waals surface area contributed by atoms with Gasteiger partial charge in [-0.15, -0.1) is 0 Å². The molecule has 0 aliphatic carbocycles. The average molecular weight is 338 g/mol. The monoisotopic (exact) mass is 337 g/mol. The molecule has 0 unspecified atom stereocenters. The van der Waals surface area contributed by atoms with Crippen molar-refractivity contribution in [1.82, 2.24) is 4.13 Å². The van der Waals surface area contributed by atoms with Crippen LogP contribution in [0.15, 0.2) is 0 Å². The van der Waals surface area contributed by atoms with Gasteiger partial charge in [0, 0.05) is 0 Å². The number of rotatable bonds is 14. The second-order valence-corrected chi connectivity index (χ2v) is 13.7. The van der Waals surface area contributed by atoms with Crippen LogP contribution in [0.1, 0.15) is 80.1 Å². The summed E-state index contributed by atoms with van der Waals surface area (Å²) >= 11 is 0. The van der Waals surface area contributed by atoms with Gasteiger partial charge in [-0.3, -0.25) is 0 Å². The van der Waals surface area contributed by atoms with E-state index in [4.69, 9.17) is 0 Å². The van der Waals surface area contributed by atoms with Crippen molar-refractivity contribution in [3.8, 4) is 0 Å². The molecule has 0 aliphatic rings. The zero-order valence-corrected chi connectivity index (χ0v) is 17.4. The Morgan fingerprint density at radius 1 is 0.429 bits per heavy atom. The second-order valence-electron chi connectivity index (χ2n) is 6.40. The largest absolute Gasteiger partial charge is 0.244 e. The predicted octanol–water partition coefficient (Wildman–Crippen LogP) is 6.48. The normalized spacial score (nSPS) is 14.4. The van der Waals surface area contributed by atoms with Gasteiger partial charge in [0.15, 0.2) is 0 Å². The zero-order chi connectivity index (χ0) is 16.2. The fraction of sp³-hybridized carbons (Fsp3) is 1.00. The van der Waals surface area contributed by atoms with Crippen LogP contribution in [-0.2, 0) is 0 Å². The lowest BCUT2D eigenvalue weighted by Crippen LogP contribution is -2.35. The summed E-state index contributed by atoms with van der Waals surface area (Å²) in [6.07, 6.45) is 8.10. The first kappa shape index (κ1) is 21.7. The Labute approximate surface area is 139 Å². The van der Waals surface area contributed by atoms with E-state index in [0.717, 1.165) is 0 Å². The van der Waals surface area contributed by atoms with Crippen molar-refractivity contribution in [2.24, 2.45) is 0 Å². The van der Waals surface area contributed by atoms with Crippen LogP contribution in [0.3, 0.4) is 0 Å². The lowest BCUT2D eigenvalue weighted by atomic mass is 10.6. The highest BCUT2D eigenvalue weighted by Gasteiger charge is 2.30. The topological polar surface area (TPSA) is 12.0 Å². The van der Waals surface area contributed by atoms with Crippen LogP contribution in [-0.4, -0.2) is 34.5 Å². The molecule has 0 saturated heterocycles. The van der Waals surface area contributed by atoms with Crippen molar-refractivity contribution in [1.29, 1.82) is 0 Å². The Hall–Kier alpha value is 0.660. The molecule has 0 aromatic heterocycles. The lowest BCUT2D eigenvalue weighted by Gasteiger charge is -2.53. The molecule has 1 nitrogen and oxygen atoms in total. The van der Waals surface area contributed by atoms with E-state index < -0.39 is 20.4 Å². The van der Waals surface area contributed by atoms with Crippen molar-refractivity contribution in [2.45, 2.75) is 80.1 Å². The number of hydrogen-bond donors (Lipinski definition) is 1. The third-order valence-corrected chi connectivity index (χ3v) is 13.9. The molecule has 0 bridgehead atoms. The highest BCUT2D eigenvalue weighted by atomic mass is 32.3. The minimum Gasteiger partial charge on any atom is -0.244 e. The molecule has 21 heavy (non-hydrogen) atoms. The summed E-state index contributed by atoms with van der Waals surface area (Å²) < 4.78 is 4.45. The summed E-state index contributed by atoms with van der Waals surface area (Å²) in [6, 6.07) is 0. The second kappa shape index (κ2) is 12.1. The van der Waals surface area contributed by atoms with Gasteiger partial charge < -0.3 is 0 Å². The van der Waals surface area contributed by atoms with Gasteiger partial charge in [-0.1, -0.05) is 41.5 Å². The molecule has 0 atom stereocenters. The van der Waals surface area contributed by atoms with Crippen LogP contribution in [0.5, 0.6) is 0 Å². The first-order valence-corrected chi connectivity index (χ1v) is 13.7. The van der Waals surface area contributed by atoms with Gasteiger partial charge in [0.25, 0.3) is 0 Å². The summed E-state index contributed by atoms with van der Waals surface area (Å²) in [7, 11) is -1.17. The highest BCUT2D eigenvalue weighted by Crippen LogP contribution is 2.58. The molecular formula is C18H43NS2. The van der Waals surface area contributed by atoms with E-state index in [1.165, 1.54) is 73.0 Å². The third kappa shape index (κ3) is 7.65. The minimum atomic E-state index is -0.584. The third-order valence-electron chi connectivity index (χ3n) is 3.92.